The number of fused-ring (bicyclic) bond motifs is 7. The number of anilines is 3. The summed E-state index contributed by atoms with van der Waals surface area (Å²) in [5.74, 6) is 0. The quantitative estimate of drug-likeness (QED) is 0.334. The maximum atomic E-state index is 4.78. The Morgan fingerprint density at radius 2 is 1.43 bits per heavy atom. The van der Waals surface area contributed by atoms with Gasteiger partial charge in [-0.2, -0.15) is 0 Å². The minimum absolute atomic E-state index is 0.909. The maximum Gasteiger partial charge on any atom is 0.0716 e. The maximum absolute atomic E-state index is 4.78. The Hall–Kier alpha value is -3.39. The van der Waals surface area contributed by atoms with Crippen molar-refractivity contribution in [3.8, 4) is 11.1 Å². The van der Waals surface area contributed by atoms with Gasteiger partial charge in [-0.3, -0.25) is 4.98 Å². The SMILES string of the molecule is c1ccc2c(c1)Cc1cc3c(cc1-2)Cc1nccc2c1N3c1ccccc1C2. The summed E-state index contributed by atoms with van der Waals surface area (Å²) in [6.45, 7) is 0. The van der Waals surface area contributed by atoms with E-state index in [1.165, 1.54) is 61.7 Å². The van der Waals surface area contributed by atoms with E-state index in [4.69, 9.17) is 4.98 Å². The van der Waals surface area contributed by atoms with Crippen molar-refractivity contribution in [2.75, 3.05) is 4.90 Å². The number of benzene rings is 3. The van der Waals surface area contributed by atoms with Gasteiger partial charge in [0.25, 0.3) is 0 Å². The highest BCUT2D eigenvalue weighted by Gasteiger charge is 2.33. The molecule has 132 valence electrons. The molecule has 0 amide bonds. The lowest BCUT2D eigenvalue weighted by molar-refractivity contribution is 0.959. The van der Waals surface area contributed by atoms with E-state index >= 15 is 0 Å². The summed E-state index contributed by atoms with van der Waals surface area (Å²) in [5.41, 5.74) is 15.0. The molecule has 0 saturated carbocycles. The van der Waals surface area contributed by atoms with Crippen molar-refractivity contribution < 1.29 is 0 Å². The molecular formula is C26H18N2. The van der Waals surface area contributed by atoms with Crippen LogP contribution in [0.1, 0.15) is 33.5 Å². The van der Waals surface area contributed by atoms with E-state index in [1.807, 2.05) is 6.20 Å². The highest BCUT2D eigenvalue weighted by molar-refractivity contribution is 5.91. The summed E-state index contributed by atoms with van der Waals surface area (Å²) in [6.07, 6.45) is 4.91. The van der Waals surface area contributed by atoms with Gasteiger partial charge in [0, 0.05) is 24.7 Å². The molecular weight excluding hydrogens is 340 g/mol. The van der Waals surface area contributed by atoms with Crippen LogP contribution in [0.2, 0.25) is 0 Å². The monoisotopic (exact) mass is 358 g/mol. The molecule has 2 nitrogen and oxygen atoms in total. The standard InChI is InChI=1S/C26H18N2/c1-3-7-21-16(5-1)11-19-15-25-20(13-22(19)21)14-23-26-18(9-10-27-23)12-17-6-2-4-8-24(17)28(25)26/h1-10,13,15H,11-12,14H2. The molecule has 0 bridgehead atoms. The second-order valence-corrected chi connectivity index (χ2v) is 8.06. The molecule has 28 heavy (non-hydrogen) atoms. The first kappa shape index (κ1) is 14.6. The van der Waals surface area contributed by atoms with Gasteiger partial charge in [0.05, 0.1) is 17.1 Å². The van der Waals surface area contributed by atoms with Crippen LogP contribution < -0.4 is 4.90 Å². The minimum Gasteiger partial charge on any atom is -0.308 e. The molecule has 0 unspecified atom stereocenters. The second-order valence-electron chi connectivity index (χ2n) is 8.06. The third kappa shape index (κ3) is 1.80. The summed E-state index contributed by atoms with van der Waals surface area (Å²) < 4.78 is 0. The first-order valence-corrected chi connectivity index (χ1v) is 9.96. The predicted octanol–water partition coefficient (Wildman–Crippen LogP) is 5.93. The van der Waals surface area contributed by atoms with E-state index in [2.05, 4.69) is 71.6 Å². The van der Waals surface area contributed by atoms with Crippen LogP contribution in [0.5, 0.6) is 0 Å². The zero-order valence-electron chi connectivity index (χ0n) is 15.4. The van der Waals surface area contributed by atoms with Crippen LogP contribution in [0.25, 0.3) is 11.1 Å². The summed E-state index contributed by atoms with van der Waals surface area (Å²) in [6, 6.07) is 24.7. The van der Waals surface area contributed by atoms with Crippen molar-refractivity contribution in [3.63, 3.8) is 0 Å². The zero-order valence-corrected chi connectivity index (χ0v) is 15.4. The summed E-state index contributed by atoms with van der Waals surface area (Å²) in [5, 5.41) is 0. The molecule has 2 heteroatoms. The highest BCUT2D eigenvalue weighted by atomic mass is 15.2. The smallest absolute Gasteiger partial charge is 0.0716 e. The van der Waals surface area contributed by atoms with E-state index in [0.717, 1.165) is 19.3 Å². The van der Waals surface area contributed by atoms with Crippen molar-refractivity contribution in [1.82, 2.24) is 4.98 Å². The van der Waals surface area contributed by atoms with E-state index in [1.54, 1.807) is 0 Å². The molecule has 3 aliphatic rings. The van der Waals surface area contributed by atoms with Gasteiger partial charge in [0.15, 0.2) is 0 Å². The molecule has 0 spiro atoms. The number of aromatic nitrogens is 1. The fourth-order valence-corrected chi connectivity index (χ4v) is 5.29. The fraction of sp³-hybridized carbons (Fsp3) is 0.115. The minimum atomic E-state index is 0.909. The third-order valence-corrected chi connectivity index (χ3v) is 6.51. The zero-order chi connectivity index (χ0) is 18.2. The molecule has 0 N–H and O–H groups in total. The lowest BCUT2D eigenvalue weighted by Gasteiger charge is -2.39. The van der Waals surface area contributed by atoms with E-state index in [0.29, 0.717) is 0 Å². The van der Waals surface area contributed by atoms with Gasteiger partial charge < -0.3 is 4.90 Å². The number of rotatable bonds is 0. The average molecular weight is 358 g/mol. The average Bonchev–Trinajstić information content (AvgIpc) is 3.09. The van der Waals surface area contributed by atoms with E-state index in [9.17, 15) is 0 Å². The molecule has 2 aliphatic heterocycles. The largest absolute Gasteiger partial charge is 0.308 e. The molecule has 7 rings (SSSR count). The van der Waals surface area contributed by atoms with Crippen LogP contribution in [0, 0.1) is 0 Å². The van der Waals surface area contributed by atoms with Crippen LogP contribution in [0.4, 0.5) is 17.1 Å². The molecule has 4 aromatic rings. The highest BCUT2D eigenvalue weighted by Crippen LogP contribution is 2.51. The second kappa shape index (κ2) is 5.11. The number of nitrogens with zero attached hydrogens (tertiary/aromatic N) is 2. The molecule has 0 fully saturated rings. The lowest BCUT2D eigenvalue weighted by Crippen LogP contribution is -2.25. The van der Waals surface area contributed by atoms with Crippen molar-refractivity contribution in [1.29, 1.82) is 0 Å². The summed E-state index contributed by atoms with van der Waals surface area (Å²) in [4.78, 5) is 7.25. The van der Waals surface area contributed by atoms with Crippen molar-refractivity contribution >= 4 is 17.1 Å². The lowest BCUT2D eigenvalue weighted by atomic mass is 9.87. The Morgan fingerprint density at radius 1 is 0.607 bits per heavy atom. The Kier molecular flexibility index (Phi) is 2.67. The molecule has 0 saturated heterocycles. The van der Waals surface area contributed by atoms with E-state index in [-0.39, 0.29) is 0 Å². The molecule has 3 heterocycles. The van der Waals surface area contributed by atoms with Crippen LogP contribution in [-0.4, -0.2) is 4.98 Å². The van der Waals surface area contributed by atoms with E-state index < -0.39 is 0 Å². The van der Waals surface area contributed by atoms with Crippen LogP contribution in [0.15, 0.2) is 72.9 Å². The number of hydrogen-bond acceptors (Lipinski definition) is 2. The molecule has 1 aromatic heterocycles. The first-order chi connectivity index (χ1) is 13.9. The predicted molar refractivity (Wildman–Crippen MR) is 113 cm³/mol. The number of pyridine rings is 1. The molecule has 0 radical (unpaired) electrons. The third-order valence-electron chi connectivity index (χ3n) is 6.51. The topological polar surface area (TPSA) is 16.1 Å². The Morgan fingerprint density at radius 3 is 2.39 bits per heavy atom. The normalized spacial score (nSPS) is 14.6. The van der Waals surface area contributed by atoms with Gasteiger partial charge in [0.2, 0.25) is 0 Å². The van der Waals surface area contributed by atoms with Crippen molar-refractivity contribution in [2.45, 2.75) is 19.3 Å². The Balaban J connectivity index is 1.51. The summed E-state index contributed by atoms with van der Waals surface area (Å²) >= 11 is 0. The number of para-hydroxylation sites is 1. The van der Waals surface area contributed by atoms with Crippen LogP contribution >= 0.6 is 0 Å². The number of hydrogen-bond donors (Lipinski definition) is 0. The fourth-order valence-electron chi connectivity index (χ4n) is 5.29. The van der Waals surface area contributed by atoms with Gasteiger partial charge in [-0.05, 0) is 69.6 Å². The van der Waals surface area contributed by atoms with Gasteiger partial charge in [0.1, 0.15) is 0 Å². The molecule has 1 aliphatic carbocycles. The Labute approximate surface area is 164 Å². The van der Waals surface area contributed by atoms with Gasteiger partial charge in [-0.25, -0.2) is 0 Å². The van der Waals surface area contributed by atoms with Gasteiger partial charge in [-0.1, -0.05) is 42.5 Å². The van der Waals surface area contributed by atoms with Crippen molar-refractivity contribution in [3.05, 3.63) is 106 Å². The Bertz CT molecular complexity index is 1300. The van der Waals surface area contributed by atoms with Gasteiger partial charge >= 0.3 is 0 Å². The summed E-state index contributed by atoms with van der Waals surface area (Å²) in [7, 11) is 0. The van der Waals surface area contributed by atoms with Crippen LogP contribution in [0.3, 0.4) is 0 Å². The molecule has 3 aromatic carbocycles. The molecule has 0 atom stereocenters. The van der Waals surface area contributed by atoms with Crippen LogP contribution in [-0.2, 0) is 19.3 Å². The van der Waals surface area contributed by atoms with Crippen molar-refractivity contribution in [2.24, 2.45) is 0 Å². The van der Waals surface area contributed by atoms with Gasteiger partial charge in [-0.15, -0.1) is 0 Å². The first-order valence-electron chi connectivity index (χ1n) is 9.96.